The van der Waals surface area contributed by atoms with Crippen molar-refractivity contribution in [2.75, 3.05) is 0 Å². The van der Waals surface area contributed by atoms with Gasteiger partial charge in [-0.3, -0.25) is 0 Å². The van der Waals surface area contributed by atoms with Crippen LogP contribution in [0.15, 0.2) is 0 Å². The number of fused-ring (bicyclic) bond motifs is 5. The third kappa shape index (κ3) is 3.16. The first-order valence-electron chi connectivity index (χ1n) is 14.3. The summed E-state index contributed by atoms with van der Waals surface area (Å²) in [6.45, 7) is 18.4. The summed E-state index contributed by atoms with van der Waals surface area (Å²) in [5, 5.41) is 34.6. The Bertz CT molecular complexity index is 823. The summed E-state index contributed by atoms with van der Waals surface area (Å²) >= 11 is 0. The highest BCUT2D eigenvalue weighted by molar-refractivity contribution is 5.21. The number of hydrogen-bond acceptors (Lipinski definition) is 4. The molecule has 196 valence electrons. The molecule has 11 atom stereocenters. The first kappa shape index (κ1) is 25.5. The smallest absolute Gasteiger partial charge is 0.0693 e. The van der Waals surface area contributed by atoms with Crippen molar-refractivity contribution < 1.29 is 20.1 Å². The molecule has 0 bridgehead atoms. The second-order valence-electron chi connectivity index (χ2n) is 15.5. The molecule has 1 unspecified atom stereocenters. The molecule has 0 aromatic carbocycles. The maximum absolute atomic E-state index is 11.9. The lowest BCUT2D eigenvalue weighted by Gasteiger charge is -2.71. The van der Waals surface area contributed by atoms with E-state index in [9.17, 15) is 15.3 Å². The molecule has 5 fully saturated rings. The molecule has 0 spiro atoms. The van der Waals surface area contributed by atoms with Gasteiger partial charge in [-0.05, 0) is 124 Å². The minimum Gasteiger partial charge on any atom is -0.393 e. The molecule has 0 radical (unpaired) electrons. The van der Waals surface area contributed by atoms with Gasteiger partial charge in [0.15, 0.2) is 0 Å². The quantitative estimate of drug-likeness (QED) is 0.453. The summed E-state index contributed by atoms with van der Waals surface area (Å²) in [5.74, 6) is 0.984. The summed E-state index contributed by atoms with van der Waals surface area (Å²) in [6, 6.07) is 0. The molecule has 4 saturated carbocycles. The van der Waals surface area contributed by atoms with E-state index >= 15 is 0 Å². The van der Waals surface area contributed by atoms with Crippen LogP contribution in [0.2, 0.25) is 0 Å². The Hall–Kier alpha value is -0.160. The van der Waals surface area contributed by atoms with E-state index in [2.05, 4.69) is 55.4 Å². The van der Waals surface area contributed by atoms with E-state index in [0.29, 0.717) is 11.8 Å². The third-order valence-corrected chi connectivity index (χ3v) is 13.0. The van der Waals surface area contributed by atoms with Gasteiger partial charge in [0.05, 0.1) is 29.5 Å². The Kier molecular flexibility index (Phi) is 5.59. The molecule has 4 heteroatoms. The van der Waals surface area contributed by atoms with Crippen molar-refractivity contribution in [3.63, 3.8) is 0 Å². The van der Waals surface area contributed by atoms with Crippen LogP contribution in [-0.4, -0.2) is 44.8 Å². The second-order valence-corrected chi connectivity index (χ2v) is 15.5. The first-order valence-corrected chi connectivity index (χ1v) is 14.3. The molecule has 0 amide bonds. The Morgan fingerprint density at radius 2 is 1.41 bits per heavy atom. The molecule has 5 aliphatic rings. The van der Waals surface area contributed by atoms with Gasteiger partial charge in [-0.15, -0.1) is 0 Å². The minimum atomic E-state index is -0.414. The van der Waals surface area contributed by atoms with Gasteiger partial charge >= 0.3 is 0 Å². The van der Waals surface area contributed by atoms with E-state index < -0.39 is 6.10 Å². The summed E-state index contributed by atoms with van der Waals surface area (Å²) < 4.78 is 6.83. The monoisotopic (exact) mass is 476 g/mol. The maximum atomic E-state index is 11.9. The van der Waals surface area contributed by atoms with Gasteiger partial charge in [0.25, 0.3) is 0 Å². The molecule has 4 nitrogen and oxygen atoms in total. The zero-order valence-corrected chi connectivity index (χ0v) is 23.2. The van der Waals surface area contributed by atoms with E-state index in [1.165, 1.54) is 6.42 Å². The number of rotatable bonds is 1. The largest absolute Gasteiger partial charge is 0.393 e. The molecule has 34 heavy (non-hydrogen) atoms. The standard InChI is InChI=1S/C30H52O4/c1-25(2)12-9-13-30(8,34-25)18-10-15-28(6)23(18)19(31)16-21-27(5)14-11-22(33)26(3,4)24(27)20(32)17-29(21,28)7/h18-24,31-33H,9-17H2,1-8H3/t18-,19+,20+,21+,22-,23-,24?,27+,28-,29+,30+/m0/s1. The van der Waals surface area contributed by atoms with Crippen molar-refractivity contribution in [1.29, 1.82) is 0 Å². The fraction of sp³-hybridized carbons (Fsp3) is 1.00. The van der Waals surface area contributed by atoms with Crippen LogP contribution >= 0.6 is 0 Å². The average Bonchev–Trinajstić information content (AvgIpc) is 3.07. The van der Waals surface area contributed by atoms with E-state index in [0.717, 1.165) is 51.4 Å². The molecule has 0 aromatic heterocycles. The Morgan fingerprint density at radius 3 is 2.06 bits per heavy atom. The van der Waals surface area contributed by atoms with E-state index in [1.807, 2.05) is 0 Å². The van der Waals surface area contributed by atoms with E-state index in [1.54, 1.807) is 0 Å². The van der Waals surface area contributed by atoms with Gasteiger partial charge in [-0.25, -0.2) is 0 Å². The third-order valence-electron chi connectivity index (χ3n) is 13.0. The highest BCUT2D eigenvalue weighted by Crippen LogP contribution is 2.76. The van der Waals surface area contributed by atoms with E-state index in [-0.39, 0.29) is 56.9 Å². The van der Waals surface area contributed by atoms with Crippen molar-refractivity contribution >= 4 is 0 Å². The zero-order chi connectivity index (χ0) is 25.1. The van der Waals surface area contributed by atoms with Crippen molar-refractivity contribution in [3.05, 3.63) is 0 Å². The molecule has 4 aliphatic carbocycles. The van der Waals surface area contributed by atoms with Gasteiger partial charge in [0, 0.05) is 0 Å². The van der Waals surface area contributed by atoms with Crippen molar-refractivity contribution in [2.45, 2.75) is 143 Å². The summed E-state index contributed by atoms with van der Waals surface area (Å²) in [5.41, 5.74) is -0.739. The number of hydrogen-bond donors (Lipinski definition) is 3. The topological polar surface area (TPSA) is 69.9 Å². The van der Waals surface area contributed by atoms with Crippen LogP contribution in [0.5, 0.6) is 0 Å². The number of aliphatic hydroxyl groups is 3. The van der Waals surface area contributed by atoms with Crippen LogP contribution in [0, 0.1) is 45.3 Å². The zero-order valence-electron chi connectivity index (χ0n) is 23.2. The van der Waals surface area contributed by atoms with Gasteiger partial charge in [0.1, 0.15) is 0 Å². The van der Waals surface area contributed by atoms with Crippen molar-refractivity contribution in [3.8, 4) is 0 Å². The average molecular weight is 477 g/mol. The fourth-order valence-corrected chi connectivity index (χ4v) is 11.5. The lowest BCUT2D eigenvalue weighted by molar-refractivity contribution is -0.279. The highest BCUT2D eigenvalue weighted by atomic mass is 16.5. The lowest BCUT2D eigenvalue weighted by atomic mass is 9.34. The molecule has 1 saturated heterocycles. The van der Waals surface area contributed by atoms with Crippen LogP contribution in [0.25, 0.3) is 0 Å². The lowest BCUT2D eigenvalue weighted by Crippen LogP contribution is -2.70. The van der Waals surface area contributed by atoms with Gasteiger partial charge in [-0.1, -0.05) is 34.6 Å². The normalized spacial score (nSPS) is 58.5. The van der Waals surface area contributed by atoms with Crippen molar-refractivity contribution in [2.24, 2.45) is 45.3 Å². The Balaban J connectivity index is 1.54. The molecule has 0 aromatic rings. The molecule has 1 heterocycles. The number of aliphatic hydroxyl groups excluding tert-OH is 3. The Labute approximate surface area is 208 Å². The van der Waals surface area contributed by atoms with Gasteiger partial charge in [0.2, 0.25) is 0 Å². The van der Waals surface area contributed by atoms with Crippen LogP contribution in [0.1, 0.15) is 113 Å². The number of ether oxygens (including phenoxy) is 1. The van der Waals surface area contributed by atoms with E-state index in [4.69, 9.17) is 4.74 Å². The van der Waals surface area contributed by atoms with Crippen LogP contribution in [0.4, 0.5) is 0 Å². The molecule has 5 rings (SSSR count). The molecule has 1 aliphatic heterocycles. The Morgan fingerprint density at radius 1 is 0.735 bits per heavy atom. The molecular formula is C30H52O4. The molecular weight excluding hydrogens is 424 g/mol. The minimum absolute atomic E-state index is 0.0247. The predicted molar refractivity (Wildman–Crippen MR) is 135 cm³/mol. The van der Waals surface area contributed by atoms with Crippen LogP contribution in [-0.2, 0) is 4.74 Å². The van der Waals surface area contributed by atoms with Gasteiger partial charge < -0.3 is 20.1 Å². The van der Waals surface area contributed by atoms with Crippen molar-refractivity contribution in [1.82, 2.24) is 0 Å². The van der Waals surface area contributed by atoms with Crippen LogP contribution < -0.4 is 0 Å². The predicted octanol–water partition coefficient (Wildman–Crippen LogP) is 5.71. The second kappa shape index (κ2) is 7.45. The summed E-state index contributed by atoms with van der Waals surface area (Å²) in [4.78, 5) is 0. The molecule has 3 N–H and O–H groups in total. The SMILES string of the molecule is CC1(C)CCC[C@](C)([C@H]2CC[C@@]3(C)[C@@H]2[C@H](O)C[C@@H]2[C@@]4(C)CC[C@H](O)C(C)(C)C4[C@H](O)C[C@]23C)O1. The maximum Gasteiger partial charge on any atom is 0.0693 e. The highest BCUT2D eigenvalue weighted by Gasteiger charge is 2.73. The van der Waals surface area contributed by atoms with Gasteiger partial charge in [-0.2, -0.15) is 0 Å². The van der Waals surface area contributed by atoms with Crippen LogP contribution in [0.3, 0.4) is 0 Å². The fourth-order valence-electron chi connectivity index (χ4n) is 11.5. The first-order chi connectivity index (χ1) is 15.5. The summed E-state index contributed by atoms with van der Waals surface area (Å²) in [7, 11) is 0. The summed E-state index contributed by atoms with van der Waals surface area (Å²) in [6.07, 6.45) is 7.79.